The van der Waals surface area contributed by atoms with Crippen molar-refractivity contribution in [2.24, 2.45) is 4.99 Å². The Balaban J connectivity index is 1.97. The van der Waals surface area contributed by atoms with Gasteiger partial charge in [-0.15, -0.1) is 0 Å². The third-order valence-corrected chi connectivity index (χ3v) is 4.14. The Morgan fingerprint density at radius 2 is 1.61 bits per heavy atom. The third kappa shape index (κ3) is 3.54. The largest absolute Gasteiger partial charge is 0.424 e. The van der Waals surface area contributed by atoms with Crippen LogP contribution in [0.2, 0.25) is 0 Å². The molecule has 1 aliphatic heterocycles. The zero-order chi connectivity index (χ0) is 16.3. The number of carbonyl (C=O) groups is 1. The van der Waals surface area contributed by atoms with Crippen LogP contribution in [-0.4, -0.2) is 24.8 Å². The van der Waals surface area contributed by atoms with Crippen LogP contribution in [-0.2, 0) is 16.4 Å². The van der Waals surface area contributed by atoms with Gasteiger partial charge >= 0.3 is 0 Å². The summed E-state index contributed by atoms with van der Waals surface area (Å²) in [5.41, 5.74) is 3.36. The smallest absolute Gasteiger partial charge is 0.243 e. The molecular weight excluding hydrogens is 312 g/mol. The van der Waals surface area contributed by atoms with Gasteiger partial charge in [0, 0.05) is 12.1 Å². The molecular formula is C17H13N2O3S-. The minimum atomic E-state index is -3.62. The summed E-state index contributed by atoms with van der Waals surface area (Å²) >= 11 is 0. The highest BCUT2D eigenvalue weighted by Gasteiger charge is 2.18. The van der Waals surface area contributed by atoms with Crippen molar-refractivity contribution in [1.29, 1.82) is 0 Å². The quantitative estimate of drug-likeness (QED) is 0.811. The van der Waals surface area contributed by atoms with Crippen LogP contribution in [0.3, 0.4) is 0 Å². The SMILES string of the molecule is O=C(c1ccccc1)N(Cc1ccccc1)C1=CS(=O)(=O)[C-]=N1. The minimum absolute atomic E-state index is 0.0720. The fourth-order valence-corrected chi connectivity index (χ4v) is 2.92. The van der Waals surface area contributed by atoms with Crippen LogP contribution in [0.1, 0.15) is 15.9 Å². The number of hydrogen-bond acceptors (Lipinski definition) is 4. The maximum absolute atomic E-state index is 12.7. The van der Waals surface area contributed by atoms with Crippen molar-refractivity contribution in [3.05, 3.63) is 83.0 Å². The molecule has 1 aliphatic rings. The molecule has 0 N–H and O–H groups in total. The van der Waals surface area contributed by atoms with Gasteiger partial charge in [-0.3, -0.25) is 4.79 Å². The molecule has 0 spiro atoms. The molecule has 0 saturated heterocycles. The molecule has 1 heterocycles. The molecule has 0 atom stereocenters. The summed E-state index contributed by atoms with van der Waals surface area (Å²) in [7, 11) is -3.62. The van der Waals surface area contributed by atoms with Gasteiger partial charge in [0.2, 0.25) is 5.91 Å². The van der Waals surface area contributed by atoms with Crippen molar-refractivity contribution < 1.29 is 13.2 Å². The Kier molecular flexibility index (Phi) is 4.08. The number of benzene rings is 2. The van der Waals surface area contributed by atoms with E-state index in [9.17, 15) is 13.2 Å². The van der Waals surface area contributed by atoms with E-state index in [2.05, 4.69) is 4.99 Å². The molecule has 116 valence electrons. The molecule has 0 fully saturated rings. The van der Waals surface area contributed by atoms with E-state index in [0.29, 0.717) is 5.56 Å². The Bertz CT molecular complexity index is 873. The molecule has 3 rings (SSSR count). The predicted octanol–water partition coefficient (Wildman–Crippen LogP) is 2.46. The van der Waals surface area contributed by atoms with Gasteiger partial charge in [-0.2, -0.15) is 0 Å². The maximum Gasteiger partial charge on any atom is 0.243 e. The first kappa shape index (κ1) is 15.2. The second-order valence-corrected chi connectivity index (χ2v) is 6.48. The fourth-order valence-electron chi connectivity index (χ4n) is 2.19. The molecule has 5 nitrogen and oxygen atoms in total. The molecule has 1 amide bonds. The van der Waals surface area contributed by atoms with Crippen molar-refractivity contribution in [2.75, 3.05) is 0 Å². The van der Waals surface area contributed by atoms with Crippen LogP contribution in [0.5, 0.6) is 0 Å². The summed E-state index contributed by atoms with van der Waals surface area (Å²) in [5.74, 6) is -0.244. The van der Waals surface area contributed by atoms with E-state index in [0.717, 1.165) is 11.0 Å². The van der Waals surface area contributed by atoms with Crippen LogP contribution in [0.15, 0.2) is 76.9 Å². The van der Waals surface area contributed by atoms with E-state index < -0.39 is 9.84 Å². The normalized spacial score (nSPS) is 15.2. The van der Waals surface area contributed by atoms with E-state index in [1.807, 2.05) is 41.9 Å². The van der Waals surface area contributed by atoms with Crippen molar-refractivity contribution in [3.63, 3.8) is 0 Å². The van der Waals surface area contributed by atoms with Gasteiger partial charge in [-0.25, -0.2) is 8.42 Å². The Labute approximate surface area is 134 Å². The summed E-state index contributed by atoms with van der Waals surface area (Å²) in [4.78, 5) is 17.8. The van der Waals surface area contributed by atoms with Gasteiger partial charge < -0.3 is 9.89 Å². The number of hydrogen-bond donors (Lipinski definition) is 0. The summed E-state index contributed by atoms with van der Waals surface area (Å²) in [6, 6.07) is 18.0. The minimum Gasteiger partial charge on any atom is -0.424 e. The van der Waals surface area contributed by atoms with E-state index >= 15 is 0 Å². The highest BCUT2D eigenvalue weighted by Crippen LogP contribution is 2.20. The standard InChI is InChI=1S/C17H13N2O3S/c20-17(15-9-5-2-6-10-15)19(11-14-7-3-1-4-8-14)16-12-23(21,22)13-18-16/h1-10,12H,11H2/q-1. The van der Waals surface area contributed by atoms with Gasteiger partial charge in [0.25, 0.3) is 0 Å². The molecule has 2 aromatic rings. The molecule has 0 radical (unpaired) electrons. The van der Waals surface area contributed by atoms with E-state index in [1.54, 1.807) is 24.3 Å². The lowest BCUT2D eigenvalue weighted by Gasteiger charge is -2.28. The molecule has 0 unspecified atom stereocenters. The molecule has 23 heavy (non-hydrogen) atoms. The third-order valence-electron chi connectivity index (χ3n) is 3.27. The van der Waals surface area contributed by atoms with Crippen LogP contribution < -0.4 is 0 Å². The number of carbonyl (C=O) groups excluding carboxylic acids is 1. The van der Waals surface area contributed by atoms with Crippen molar-refractivity contribution in [2.45, 2.75) is 6.54 Å². The highest BCUT2D eigenvalue weighted by molar-refractivity contribution is 8.07. The Hall–Kier alpha value is -2.73. The van der Waals surface area contributed by atoms with Gasteiger partial charge in [0.15, 0.2) is 0 Å². The Morgan fingerprint density at radius 3 is 2.17 bits per heavy atom. The molecule has 0 saturated carbocycles. The first-order chi connectivity index (χ1) is 11.1. The van der Waals surface area contributed by atoms with Crippen LogP contribution in [0, 0.1) is 0 Å². The number of sulfone groups is 1. The number of rotatable bonds is 4. The summed E-state index contributed by atoms with van der Waals surface area (Å²) in [6.45, 7) is 0.223. The van der Waals surface area contributed by atoms with Crippen molar-refractivity contribution >= 4 is 21.3 Å². The average Bonchev–Trinajstić information content (AvgIpc) is 2.93. The Morgan fingerprint density at radius 1 is 1.00 bits per heavy atom. The first-order valence-electron chi connectivity index (χ1n) is 6.90. The molecule has 0 bridgehead atoms. The second kappa shape index (κ2) is 6.18. The molecule has 0 aliphatic carbocycles. The lowest BCUT2D eigenvalue weighted by atomic mass is 10.1. The number of nitrogens with zero attached hydrogens (tertiary/aromatic N) is 2. The zero-order valence-electron chi connectivity index (χ0n) is 12.1. The van der Waals surface area contributed by atoms with E-state index in [4.69, 9.17) is 0 Å². The summed E-state index contributed by atoms with van der Waals surface area (Å²) in [5, 5.41) is 0.955. The summed E-state index contributed by atoms with van der Waals surface area (Å²) in [6.07, 6.45) is 0. The average molecular weight is 325 g/mol. The predicted molar refractivity (Wildman–Crippen MR) is 87.2 cm³/mol. The fraction of sp³-hybridized carbons (Fsp3) is 0.0588. The number of amides is 1. The van der Waals surface area contributed by atoms with Crippen LogP contribution in [0.4, 0.5) is 0 Å². The zero-order valence-corrected chi connectivity index (χ0v) is 12.9. The maximum atomic E-state index is 12.7. The molecule has 6 heteroatoms. The van der Waals surface area contributed by atoms with Crippen LogP contribution >= 0.6 is 0 Å². The molecule has 2 aromatic carbocycles. The lowest BCUT2D eigenvalue weighted by molar-refractivity contribution is 0.0795. The van der Waals surface area contributed by atoms with Gasteiger partial charge in [-0.1, -0.05) is 48.5 Å². The lowest BCUT2D eigenvalue weighted by Crippen LogP contribution is -2.29. The second-order valence-electron chi connectivity index (χ2n) is 4.97. The molecule has 0 aromatic heterocycles. The van der Waals surface area contributed by atoms with Gasteiger partial charge in [0.1, 0.15) is 9.84 Å². The van der Waals surface area contributed by atoms with E-state index in [-0.39, 0.29) is 18.3 Å². The van der Waals surface area contributed by atoms with E-state index in [1.165, 1.54) is 4.90 Å². The highest BCUT2D eigenvalue weighted by atomic mass is 32.2. The monoisotopic (exact) mass is 325 g/mol. The van der Waals surface area contributed by atoms with Gasteiger partial charge in [0.05, 0.1) is 0 Å². The first-order valence-corrected chi connectivity index (χ1v) is 8.45. The number of aliphatic imine (C=N–C) groups is 1. The van der Waals surface area contributed by atoms with Crippen LogP contribution in [0.25, 0.3) is 0 Å². The topological polar surface area (TPSA) is 66.8 Å². The van der Waals surface area contributed by atoms with Crippen molar-refractivity contribution in [1.82, 2.24) is 4.90 Å². The summed E-state index contributed by atoms with van der Waals surface area (Å²) < 4.78 is 23.1. The van der Waals surface area contributed by atoms with Gasteiger partial charge in [-0.05, 0) is 34.5 Å². The van der Waals surface area contributed by atoms with Crippen molar-refractivity contribution in [3.8, 4) is 0 Å².